The summed E-state index contributed by atoms with van der Waals surface area (Å²) in [6.45, 7) is 0. The van der Waals surface area contributed by atoms with Gasteiger partial charge in [0.15, 0.2) is 0 Å². The number of aromatic hydroxyl groups is 1. The minimum Gasteiger partial charge on any atom is -0.493 e. The van der Waals surface area contributed by atoms with E-state index in [0.717, 1.165) is 10.7 Å². The van der Waals surface area contributed by atoms with E-state index in [-0.39, 0.29) is 4.90 Å². The van der Waals surface area contributed by atoms with Crippen LogP contribution >= 0.6 is 15.9 Å². The lowest BCUT2D eigenvalue weighted by molar-refractivity contribution is 0.455. The number of aromatic nitrogens is 2. The van der Waals surface area contributed by atoms with Crippen molar-refractivity contribution in [2.75, 3.05) is 0 Å². The average molecular weight is 369 g/mol. The standard InChI is InChI=1S/C13H9BrN2O4S/c14-10-5-1-4-9-8(10)3-2-6-11(9)21(19,20)16-7-12(17)15-13(16)18/h1-7,17H,(H,15,18). The number of hydrogen-bond donors (Lipinski definition) is 2. The van der Waals surface area contributed by atoms with Crippen molar-refractivity contribution in [3.8, 4) is 5.88 Å². The SMILES string of the molecule is O=c1[nH]c(O)cn1S(=O)(=O)c1cccc2c(Br)cccc12. The second-order valence-corrected chi connectivity index (χ2v) is 6.97. The largest absolute Gasteiger partial charge is 0.493 e. The monoisotopic (exact) mass is 368 g/mol. The van der Waals surface area contributed by atoms with Gasteiger partial charge in [-0.05, 0) is 17.5 Å². The molecule has 6 nitrogen and oxygen atoms in total. The van der Waals surface area contributed by atoms with Crippen LogP contribution in [0.25, 0.3) is 10.8 Å². The Bertz CT molecular complexity index is 1000. The molecule has 21 heavy (non-hydrogen) atoms. The van der Waals surface area contributed by atoms with Gasteiger partial charge in [0, 0.05) is 9.86 Å². The van der Waals surface area contributed by atoms with Gasteiger partial charge in [-0.3, -0.25) is 4.98 Å². The summed E-state index contributed by atoms with van der Waals surface area (Å²) in [5.41, 5.74) is -0.917. The van der Waals surface area contributed by atoms with E-state index in [9.17, 15) is 18.3 Å². The highest BCUT2D eigenvalue weighted by molar-refractivity contribution is 9.10. The normalized spacial score (nSPS) is 11.9. The molecule has 0 amide bonds. The van der Waals surface area contributed by atoms with Crippen molar-refractivity contribution in [3.63, 3.8) is 0 Å². The molecule has 0 saturated heterocycles. The van der Waals surface area contributed by atoms with E-state index in [1.54, 1.807) is 30.3 Å². The molecular formula is C13H9BrN2O4S. The van der Waals surface area contributed by atoms with E-state index in [0.29, 0.717) is 14.7 Å². The van der Waals surface area contributed by atoms with Crippen molar-refractivity contribution in [1.82, 2.24) is 8.96 Å². The number of fused-ring (bicyclic) bond motifs is 1. The van der Waals surface area contributed by atoms with Gasteiger partial charge in [0.25, 0.3) is 10.0 Å². The van der Waals surface area contributed by atoms with Gasteiger partial charge >= 0.3 is 5.69 Å². The highest BCUT2D eigenvalue weighted by Gasteiger charge is 2.22. The zero-order valence-electron chi connectivity index (χ0n) is 10.4. The zero-order valence-corrected chi connectivity index (χ0v) is 12.8. The Balaban J connectivity index is 2.37. The fourth-order valence-corrected chi connectivity index (χ4v) is 4.04. The fraction of sp³-hybridized carbons (Fsp3) is 0. The minimum absolute atomic E-state index is 0.0117. The molecule has 1 aromatic heterocycles. The number of hydrogen-bond acceptors (Lipinski definition) is 4. The number of aromatic amines is 1. The average Bonchev–Trinajstić information content (AvgIpc) is 2.78. The van der Waals surface area contributed by atoms with Crippen LogP contribution in [0.2, 0.25) is 0 Å². The molecule has 1 heterocycles. The molecule has 0 atom stereocenters. The van der Waals surface area contributed by atoms with Crippen molar-refractivity contribution in [2.45, 2.75) is 4.90 Å². The van der Waals surface area contributed by atoms with Gasteiger partial charge in [-0.25, -0.2) is 13.2 Å². The highest BCUT2D eigenvalue weighted by Crippen LogP contribution is 2.29. The molecule has 0 aliphatic rings. The Morgan fingerprint density at radius 3 is 2.43 bits per heavy atom. The number of H-pyrrole nitrogens is 1. The van der Waals surface area contributed by atoms with Crippen LogP contribution in [-0.2, 0) is 10.0 Å². The Labute approximate surface area is 127 Å². The van der Waals surface area contributed by atoms with Gasteiger partial charge in [-0.15, -0.1) is 0 Å². The molecule has 3 aromatic rings. The molecule has 3 rings (SSSR count). The van der Waals surface area contributed by atoms with Crippen molar-refractivity contribution in [3.05, 3.63) is 57.6 Å². The van der Waals surface area contributed by atoms with Crippen LogP contribution < -0.4 is 5.69 Å². The quantitative estimate of drug-likeness (QED) is 0.723. The third-order valence-electron chi connectivity index (χ3n) is 3.04. The van der Waals surface area contributed by atoms with Crippen LogP contribution in [0.3, 0.4) is 0 Å². The third kappa shape index (κ3) is 2.16. The van der Waals surface area contributed by atoms with E-state index in [4.69, 9.17) is 0 Å². The number of nitrogens with one attached hydrogen (secondary N) is 1. The predicted molar refractivity (Wildman–Crippen MR) is 80.9 cm³/mol. The Morgan fingerprint density at radius 2 is 1.76 bits per heavy atom. The summed E-state index contributed by atoms with van der Waals surface area (Å²) in [5, 5.41) is 10.5. The molecule has 0 saturated carbocycles. The van der Waals surface area contributed by atoms with Crippen molar-refractivity contribution < 1.29 is 13.5 Å². The lowest BCUT2D eigenvalue weighted by atomic mass is 10.1. The molecule has 0 fully saturated rings. The highest BCUT2D eigenvalue weighted by atomic mass is 79.9. The van der Waals surface area contributed by atoms with Gasteiger partial charge in [-0.1, -0.05) is 40.2 Å². The van der Waals surface area contributed by atoms with Crippen molar-refractivity contribution >= 4 is 36.7 Å². The van der Waals surface area contributed by atoms with E-state index < -0.39 is 21.6 Å². The summed E-state index contributed by atoms with van der Waals surface area (Å²) in [5.74, 6) is -0.509. The minimum atomic E-state index is -4.10. The van der Waals surface area contributed by atoms with Crippen LogP contribution in [0, 0.1) is 0 Å². The summed E-state index contributed by atoms with van der Waals surface area (Å²) in [6.07, 6.45) is 0.842. The lowest BCUT2D eigenvalue weighted by Gasteiger charge is -2.08. The molecule has 108 valence electrons. The number of halogens is 1. The Morgan fingerprint density at radius 1 is 1.10 bits per heavy atom. The maximum absolute atomic E-state index is 12.6. The van der Waals surface area contributed by atoms with Gasteiger partial charge < -0.3 is 5.11 Å². The molecule has 2 N–H and O–H groups in total. The lowest BCUT2D eigenvalue weighted by Crippen LogP contribution is -2.24. The molecule has 8 heteroatoms. The van der Waals surface area contributed by atoms with Crippen LogP contribution in [0.5, 0.6) is 5.88 Å². The van der Waals surface area contributed by atoms with E-state index >= 15 is 0 Å². The van der Waals surface area contributed by atoms with Gasteiger partial charge in [-0.2, -0.15) is 3.97 Å². The molecule has 2 aromatic carbocycles. The molecule has 0 radical (unpaired) electrons. The third-order valence-corrected chi connectivity index (χ3v) is 5.43. The summed E-state index contributed by atoms with van der Waals surface area (Å²) >= 11 is 3.36. The molecule has 0 bridgehead atoms. The van der Waals surface area contributed by atoms with Crippen LogP contribution in [-0.4, -0.2) is 22.5 Å². The first-order valence-corrected chi connectivity index (χ1v) is 8.08. The Hall–Kier alpha value is -2.06. The van der Waals surface area contributed by atoms with Crippen LogP contribution in [0.4, 0.5) is 0 Å². The van der Waals surface area contributed by atoms with Crippen molar-refractivity contribution in [2.24, 2.45) is 0 Å². The first-order chi connectivity index (χ1) is 9.91. The first-order valence-electron chi connectivity index (χ1n) is 5.85. The zero-order chi connectivity index (χ0) is 15.2. The molecule has 0 aliphatic carbocycles. The maximum atomic E-state index is 12.6. The van der Waals surface area contributed by atoms with E-state index in [1.165, 1.54) is 6.07 Å². The summed E-state index contributed by atoms with van der Waals surface area (Å²) in [4.78, 5) is 13.6. The van der Waals surface area contributed by atoms with E-state index in [1.807, 2.05) is 4.98 Å². The van der Waals surface area contributed by atoms with Gasteiger partial charge in [0.05, 0.1) is 11.1 Å². The van der Waals surface area contributed by atoms with Crippen LogP contribution in [0.1, 0.15) is 0 Å². The molecular weight excluding hydrogens is 360 g/mol. The number of rotatable bonds is 2. The predicted octanol–water partition coefficient (Wildman–Crippen LogP) is 2.03. The molecule has 0 spiro atoms. The second-order valence-electron chi connectivity index (χ2n) is 4.34. The topological polar surface area (TPSA) is 92.2 Å². The Kier molecular flexibility index (Phi) is 3.14. The smallest absolute Gasteiger partial charge is 0.342 e. The van der Waals surface area contributed by atoms with E-state index in [2.05, 4.69) is 15.9 Å². The second kappa shape index (κ2) is 4.74. The summed E-state index contributed by atoms with van der Waals surface area (Å²) in [6, 6.07) is 9.95. The van der Waals surface area contributed by atoms with Gasteiger partial charge in [0.1, 0.15) is 0 Å². The molecule has 0 aliphatic heterocycles. The number of benzene rings is 2. The fourth-order valence-electron chi connectivity index (χ4n) is 2.12. The van der Waals surface area contributed by atoms with Crippen LogP contribution in [0.15, 0.2) is 56.8 Å². The first kappa shape index (κ1) is 13.9. The summed E-state index contributed by atoms with van der Waals surface area (Å²) in [7, 11) is -4.10. The number of nitrogens with zero attached hydrogens (tertiary/aromatic N) is 1. The van der Waals surface area contributed by atoms with Gasteiger partial charge in [0.2, 0.25) is 5.88 Å². The summed E-state index contributed by atoms with van der Waals surface area (Å²) < 4.78 is 26.5. The maximum Gasteiger partial charge on any atom is 0.342 e. The number of imidazole rings is 1. The van der Waals surface area contributed by atoms with Crippen molar-refractivity contribution in [1.29, 1.82) is 0 Å². The molecule has 0 unspecified atom stereocenters.